The van der Waals surface area contributed by atoms with Gasteiger partial charge in [-0.25, -0.2) is 4.79 Å². The number of esters is 1. The summed E-state index contributed by atoms with van der Waals surface area (Å²) in [5, 5.41) is 2.93. The number of rotatable bonds is 11. The van der Waals surface area contributed by atoms with E-state index in [1.54, 1.807) is 6.92 Å². The van der Waals surface area contributed by atoms with E-state index < -0.39 is 47.5 Å². The molecular weight excluding hydrogens is 478 g/mol. The Morgan fingerprint density at radius 3 is 2.33 bits per heavy atom. The fourth-order valence-corrected chi connectivity index (χ4v) is 5.56. The van der Waals surface area contributed by atoms with Gasteiger partial charge in [-0.2, -0.15) is 0 Å². The molecule has 3 aliphatic rings. The Morgan fingerprint density at radius 2 is 1.75 bits per heavy atom. The monoisotopic (exact) mass is 519 g/mol. The second kappa shape index (κ2) is 12.4. The van der Waals surface area contributed by atoms with Gasteiger partial charge in [-0.3, -0.25) is 4.79 Å². The standard InChI is InChI=1S/C24H41NO11/c1-16(26)25-19-17(32-14-28-3)12-24(31-6,21(27)30-5)36-22(19,2)20(33-15-29-4)18-13-34-23(35-18)10-8-7-9-11-23/h17-20H,7-15H2,1-6H3,(H,25,26)/t17-,18+,19+,20+,22+,24-/m0/s1. The van der Waals surface area contributed by atoms with Gasteiger partial charge in [-0.1, -0.05) is 6.42 Å². The Labute approximate surface area is 212 Å². The molecular formula is C24H41NO11. The topological polar surface area (TPSA) is 129 Å². The van der Waals surface area contributed by atoms with Gasteiger partial charge in [0.25, 0.3) is 5.79 Å². The average Bonchev–Trinajstić information content (AvgIpc) is 3.26. The maximum absolute atomic E-state index is 13.0. The Morgan fingerprint density at radius 1 is 1.06 bits per heavy atom. The lowest BCUT2D eigenvalue weighted by Crippen LogP contribution is -2.74. The second-order valence-corrected chi connectivity index (χ2v) is 9.66. The molecule has 0 aromatic carbocycles. The quantitative estimate of drug-likeness (QED) is 0.313. The number of ether oxygens (including phenoxy) is 9. The Kier molecular flexibility index (Phi) is 10.1. The van der Waals surface area contributed by atoms with Crippen molar-refractivity contribution < 1.29 is 52.2 Å². The maximum atomic E-state index is 13.0. The molecule has 3 fully saturated rings. The first-order valence-corrected chi connectivity index (χ1v) is 12.3. The molecule has 1 spiro atoms. The molecule has 0 aromatic rings. The Hall–Kier alpha value is -1.38. The number of methoxy groups -OCH3 is 4. The van der Waals surface area contributed by atoms with Crippen molar-refractivity contribution in [1.29, 1.82) is 0 Å². The van der Waals surface area contributed by atoms with Gasteiger partial charge in [0.1, 0.15) is 31.4 Å². The summed E-state index contributed by atoms with van der Waals surface area (Å²) < 4.78 is 52.3. The van der Waals surface area contributed by atoms with E-state index in [2.05, 4.69) is 5.32 Å². The molecule has 1 aliphatic carbocycles. The second-order valence-electron chi connectivity index (χ2n) is 9.66. The van der Waals surface area contributed by atoms with Gasteiger partial charge in [0.05, 0.1) is 25.9 Å². The Balaban J connectivity index is 2.05. The van der Waals surface area contributed by atoms with Crippen LogP contribution in [0, 0.1) is 0 Å². The van der Waals surface area contributed by atoms with Crippen molar-refractivity contribution in [2.75, 3.05) is 48.6 Å². The van der Waals surface area contributed by atoms with Crippen LogP contribution in [0.5, 0.6) is 0 Å². The van der Waals surface area contributed by atoms with Crippen LogP contribution in [0.25, 0.3) is 0 Å². The van der Waals surface area contributed by atoms with Gasteiger partial charge in [-0.15, -0.1) is 0 Å². The minimum atomic E-state index is -1.84. The minimum absolute atomic E-state index is 0.0664. The van der Waals surface area contributed by atoms with Crippen LogP contribution < -0.4 is 5.32 Å². The fraction of sp³-hybridized carbons (Fsp3) is 0.917. The molecule has 208 valence electrons. The van der Waals surface area contributed by atoms with Crippen molar-refractivity contribution in [2.24, 2.45) is 0 Å². The number of amides is 1. The molecule has 2 aliphatic heterocycles. The highest BCUT2D eigenvalue weighted by Crippen LogP contribution is 2.46. The number of carbonyl (C=O) groups is 2. The maximum Gasteiger partial charge on any atom is 0.366 e. The zero-order chi connectivity index (χ0) is 26.4. The van der Waals surface area contributed by atoms with E-state index in [0.29, 0.717) is 0 Å². The minimum Gasteiger partial charge on any atom is -0.465 e. The smallest absolute Gasteiger partial charge is 0.366 e. The van der Waals surface area contributed by atoms with Crippen LogP contribution in [0.1, 0.15) is 52.4 Å². The molecule has 3 rings (SSSR count). The highest BCUT2D eigenvalue weighted by molar-refractivity contribution is 5.78. The lowest BCUT2D eigenvalue weighted by molar-refractivity contribution is -0.351. The zero-order valence-electron chi connectivity index (χ0n) is 22.2. The van der Waals surface area contributed by atoms with Crippen LogP contribution in [-0.4, -0.2) is 102 Å². The van der Waals surface area contributed by atoms with E-state index in [4.69, 9.17) is 42.6 Å². The number of carbonyl (C=O) groups excluding carboxylic acids is 2. The third-order valence-electron chi connectivity index (χ3n) is 7.19. The molecule has 0 bridgehead atoms. The highest BCUT2D eigenvalue weighted by atomic mass is 16.8. The molecule has 2 heterocycles. The van der Waals surface area contributed by atoms with Crippen LogP contribution in [0.2, 0.25) is 0 Å². The van der Waals surface area contributed by atoms with Crippen molar-refractivity contribution in [3.8, 4) is 0 Å². The van der Waals surface area contributed by atoms with Gasteiger partial charge in [0.15, 0.2) is 5.79 Å². The van der Waals surface area contributed by atoms with E-state index in [1.165, 1.54) is 35.4 Å². The summed E-state index contributed by atoms with van der Waals surface area (Å²) in [6, 6.07) is -0.786. The molecule has 36 heavy (non-hydrogen) atoms. The largest absolute Gasteiger partial charge is 0.465 e. The molecule has 12 heteroatoms. The first-order chi connectivity index (χ1) is 17.2. The molecule has 2 saturated heterocycles. The van der Waals surface area contributed by atoms with Crippen LogP contribution in [0.4, 0.5) is 0 Å². The lowest BCUT2D eigenvalue weighted by atomic mass is 9.78. The summed E-state index contributed by atoms with van der Waals surface area (Å²) in [5.74, 6) is -3.60. The fourth-order valence-electron chi connectivity index (χ4n) is 5.56. The van der Waals surface area contributed by atoms with Crippen molar-refractivity contribution in [1.82, 2.24) is 5.32 Å². The summed E-state index contributed by atoms with van der Waals surface area (Å²) in [6.45, 7) is 3.17. The molecule has 6 atom stereocenters. The predicted octanol–water partition coefficient (Wildman–Crippen LogP) is 1.24. The number of hydrogen-bond donors (Lipinski definition) is 1. The predicted molar refractivity (Wildman–Crippen MR) is 124 cm³/mol. The molecule has 0 unspecified atom stereocenters. The summed E-state index contributed by atoms with van der Waals surface area (Å²) >= 11 is 0. The van der Waals surface area contributed by atoms with E-state index in [1.807, 2.05) is 0 Å². The lowest BCUT2D eigenvalue weighted by Gasteiger charge is -2.54. The Bertz CT molecular complexity index is 746. The molecule has 0 aromatic heterocycles. The van der Waals surface area contributed by atoms with Gasteiger partial charge in [-0.05, 0) is 19.8 Å². The molecule has 12 nitrogen and oxygen atoms in total. The third kappa shape index (κ3) is 6.02. The number of hydrogen-bond acceptors (Lipinski definition) is 11. The van der Waals surface area contributed by atoms with Crippen LogP contribution in [0.3, 0.4) is 0 Å². The highest BCUT2D eigenvalue weighted by Gasteiger charge is 2.64. The van der Waals surface area contributed by atoms with E-state index in [9.17, 15) is 9.59 Å². The zero-order valence-corrected chi connectivity index (χ0v) is 22.2. The summed E-state index contributed by atoms with van der Waals surface area (Å²) in [7, 11) is 5.57. The van der Waals surface area contributed by atoms with Crippen LogP contribution in [-0.2, 0) is 52.2 Å². The third-order valence-corrected chi connectivity index (χ3v) is 7.19. The average molecular weight is 520 g/mol. The van der Waals surface area contributed by atoms with Gasteiger partial charge < -0.3 is 47.9 Å². The van der Waals surface area contributed by atoms with Crippen LogP contribution >= 0.6 is 0 Å². The summed E-state index contributed by atoms with van der Waals surface area (Å²) in [6.07, 6.45) is 2.39. The van der Waals surface area contributed by atoms with Crippen LogP contribution in [0.15, 0.2) is 0 Å². The van der Waals surface area contributed by atoms with E-state index in [0.717, 1.165) is 32.1 Å². The van der Waals surface area contributed by atoms with Crippen molar-refractivity contribution >= 4 is 11.9 Å². The van der Waals surface area contributed by atoms with E-state index >= 15 is 0 Å². The SMILES string of the molecule is COCO[C@H]1C[C@@](OC)(C(=O)OC)O[C@@](C)([C@H](OCOC)[C@H]2COC3(CCCCC3)O2)[C@@H]1NC(C)=O. The summed E-state index contributed by atoms with van der Waals surface area (Å²) in [5.41, 5.74) is -1.42. The number of nitrogens with one attached hydrogen (secondary N) is 1. The first-order valence-electron chi connectivity index (χ1n) is 12.3. The first kappa shape index (κ1) is 29.2. The van der Waals surface area contributed by atoms with Crippen molar-refractivity contribution in [3.63, 3.8) is 0 Å². The van der Waals surface area contributed by atoms with Gasteiger partial charge in [0.2, 0.25) is 5.91 Å². The molecule has 1 amide bonds. The molecule has 1 N–H and O–H groups in total. The van der Waals surface area contributed by atoms with Crippen molar-refractivity contribution in [2.45, 2.75) is 93.9 Å². The van der Waals surface area contributed by atoms with Gasteiger partial charge >= 0.3 is 5.97 Å². The molecule has 0 radical (unpaired) electrons. The van der Waals surface area contributed by atoms with Gasteiger partial charge in [0, 0.05) is 47.5 Å². The summed E-state index contributed by atoms with van der Waals surface area (Å²) in [4.78, 5) is 25.3. The normalized spacial score (nSPS) is 34.9. The van der Waals surface area contributed by atoms with Crippen molar-refractivity contribution in [3.05, 3.63) is 0 Å². The molecule has 1 saturated carbocycles. The van der Waals surface area contributed by atoms with E-state index in [-0.39, 0.29) is 32.5 Å².